The molecule has 3 N–H and O–H groups in total. The fraction of sp³-hybridized carbons (Fsp3) is 0.238. The van der Waals surface area contributed by atoms with Crippen molar-refractivity contribution in [2.45, 2.75) is 25.8 Å². The molecule has 1 aliphatic heterocycles. The Morgan fingerprint density at radius 1 is 1.19 bits per heavy atom. The Bertz CT molecular complexity index is 899. The van der Waals surface area contributed by atoms with Gasteiger partial charge in [-0.15, -0.1) is 0 Å². The number of fused-ring (bicyclic) bond motifs is 1. The van der Waals surface area contributed by atoms with Crippen molar-refractivity contribution in [2.24, 2.45) is 5.73 Å². The molecule has 0 fully saturated rings. The highest BCUT2D eigenvalue weighted by molar-refractivity contribution is 7.80. The lowest BCUT2D eigenvalue weighted by atomic mass is 9.85. The Morgan fingerprint density at radius 3 is 2.46 bits per heavy atom. The molecular formula is C21H22N2O2S. The van der Waals surface area contributed by atoms with Crippen molar-refractivity contribution in [3.63, 3.8) is 0 Å². The lowest BCUT2D eigenvalue weighted by Crippen LogP contribution is -2.43. The van der Waals surface area contributed by atoms with Crippen LogP contribution in [0.4, 0.5) is 0 Å². The minimum Gasteiger partial charge on any atom is -0.497 e. The predicted octanol–water partition coefficient (Wildman–Crippen LogP) is 3.48. The minimum absolute atomic E-state index is 0.0755. The van der Waals surface area contributed by atoms with Gasteiger partial charge in [0.1, 0.15) is 10.7 Å². The van der Waals surface area contributed by atoms with Gasteiger partial charge in [-0.05, 0) is 38.0 Å². The predicted molar refractivity (Wildman–Crippen MR) is 109 cm³/mol. The van der Waals surface area contributed by atoms with Gasteiger partial charge in [-0.2, -0.15) is 0 Å². The zero-order valence-electron chi connectivity index (χ0n) is 15.1. The molecule has 0 atom stereocenters. The first-order valence-electron chi connectivity index (χ1n) is 8.40. The van der Waals surface area contributed by atoms with E-state index in [1.54, 1.807) is 37.5 Å². The summed E-state index contributed by atoms with van der Waals surface area (Å²) in [6, 6.07) is 13.0. The van der Waals surface area contributed by atoms with E-state index in [0.717, 1.165) is 29.0 Å². The number of carbonyl (C=O) groups excluding carboxylic acids is 1. The number of ketones is 1. The van der Waals surface area contributed by atoms with Crippen LogP contribution in [0.1, 0.15) is 40.9 Å². The number of hydrogen-bond donors (Lipinski definition) is 2. The molecule has 4 nitrogen and oxygen atoms in total. The molecule has 0 spiro atoms. The van der Waals surface area contributed by atoms with E-state index in [-0.39, 0.29) is 11.3 Å². The van der Waals surface area contributed by atoms with Gasteiger partial charge in [-0.25, -0.2) is 0 Å². The van der Waals surface area contributed by atoms with Crippen LogP contribution in [0.3, 0.4) is 0 Å². The van der Waals surface area contributed by atoms with Gasteiger partial charge in [-0.3, -0.25) is 4.79 Å². The van der Waals surface area contributed by atoms with E-state index in [1.165, 1.54) is 5.56 Å². The van der Waals surface area contributed by atoms with Crippen LogP contribution in [0.5, 0.6) is 5.75 Å². The monoisotopic (exact) mass is 366 g/mol. The second kappa shape index (κ2) is 6.92. The van der Waals surface area contributed by atoms with E-state index in [0.29, 0.717) is 10.6 Å². The highest BCUT2D eigenvalue weighted by atomic mass is 32.1. The van der Waals surface area contributed by atoms with Crippen LogP contribution in [-0.4, -0.2) is 23.4 Å². The van der Waals surface area contributed by atoms with Crippen LogP contribution < -0.4 is 15.8 Å². The van der Waals surface area contributed by atoms with E-state index in [1.807, 2.05) is 12.1 Å². The topological polar surface area (TPSA) is 64.3 Å². The Morgan fingerprint density at radius 2 is 1.85 bits per heavy atom. The highest BCUT2D eigenvalue weighted by Crippen LogP contribution is 2.32. The average Bonchev–Trinajstić information content (AvgIpc) is 2.60. The molecule has 2 aromatic carbocycles. The summed E-state index contributed by atoms with van der Waals surface area (Å²) in [4.78, 5) is 13.1. The molecule has 0 amide bonds. The summed E-state index contributed by atoms with van der Waals surface area (Å²) in [6.07, 6.45) is 2.52. The standard InChI is InChI=1S/C21H22N2O2S/c1-21(2)12-15-8-9-16(25-3)10-17(15)18(23-21)11-19(24)13-4-6-14(7-5-13)20(22)26/h4-11,23H,12H2,1-3H3,(H2,22,26). The molecule has 5 heteroatoms. The van der Waals surface area contributed by atoms with Gasteiger partial charge in [-0.1, -0.05) is 42.5 Å². The van der Waals surface area contributed by atoms with Crippen LogP contribution in [0.25, 0.3) is 5.70 Å². The summed E-state index contributed by atoms with van der Waals surface area (Å²) in [5.41, 5.74) is 9.81. The first kappa shape index (κ1) is 18.1. The lowest BCUT2D eigenvalue weighted by molar-refractivity contribution is 0.104. The maximum absolute atomic E-state index is 12.8. The number of nitrogens with two attached hydrogens (primary N) is 1. The molecule has 0 unspecified atom stereocenters. The van der Waals surface area contributed by atoms with Crippen LogP contribution in [-0.2, 0) is 6.42 Å². The number of carbonyl (C=O) groups is 1. The zero-order chi connectivity index (χ0) is 18.9. The van der Waals surface area contributed by atoms with Crippen LogP contribution in [0.15, 0.2) is 48.5 Å². The second-order valence-corrected chi connectivity index (χ2v) is 7.51. The van der Waals surface area contributed by atoms with Crippen molar-refractivity contribution in [2.75, 3.05) is 7.11 Å². The molecule has 1 heterocycles. The second-order valence-electron chi connectivity index (χ2n) is 7.07. The molecule has 1 aliphatic rings. The number of rotatable bonds is 4. The molecule has 134 valence electrons. The van der Waals surface area contributed by atoms with Crippen LogP contribution in [0, 0.1) is 0 Å². The average molecular weight is 366 g/mol. The van der Waals surface area contributed by atoms with Gasteiger partial charge in [0.05, 0.1) is 7.11 Å². The van der Waals surface area contributed by atoms with Gasteiger partial charge < -0.3 is 15.8 Å². The summed E-state index contributed by atoms with van der Waals surface area (Å²) >= 11 is 4.95. The van der Waals surface area contributed by atoms with E-state index in [9.17, 15) is 4.79 Å². The van der Waals surface area contributed by atoms with E-state index >= 15 is 0 Å². The molecule has 0 aromatic heterocycles. The number of benzene rings is 2. The van der Waals surface area contributed by atoms with Gasteiger partial charge >= 0.3 is 0 Å². The number of ether oxygens (including phenoxy) is 1. The first-order chi connectivity index (χ1) is 12.3. The third-order valence-electron chi connectivity index (χ3n) is 4.44. The highest BCUT2D eigenvalue weighted by Gasteiger charge is 2.28. The molecular weight excluding hydrogens is 344 g/mol. The SMILES string of the molecule is COc1ccc2c(c1)C(=CC(=O)c1ccc(C(N)=S)cc1)NC(C)(C)C2. The zero-order valence-corrected chi connectivity index (χ0v) is 15.9. The van der Waals surface area contributed by atoms with Crippen LogP contribution in [0.2, 0.25) is 0 Å². The summed E-state index contributed by atoms with van der Waals surface area (Å²) in [5, 5.41) is 3.47. The molecule has 0 radical (unpaired) electrons. The maximum atomic E-state index is 12.8. The summed E-state index contributed by atoms with van der Waals surface area (Å²) in [6.45, 7) is 4.24. The summed E-state index contributed by atoms with van der Waals surface area (Å²) in [5.74, 6) is 0.692. The van der Waals surface area contributed by atoms with E-state index < -0.39 is 0 Å². The van der Waals surface area contributed by atoms with Crippen molar-refractivity contribution in [1.82, 2.24) is 5.32 Å². The number of methoxy groups -OCH3 is 1. The quantitative estimate of drug-likeness (QED) is 0.493. The number of thiocarbonyl (C=S) groups is 1. The van der Waals surface area contributed by atoms with Crippen molar-refractivity contribution < 1.29 is 9.53 Å². The van der Waals surface area contributed by atoms with Gasteiger partial charge in [0.15, 0.2) is 5.78 Å². The maximum Gasteiger partial charge on any atom is 0.187 e. The van der Waals surface area contributed by atoms with Gasteiger partial charge in [0.2, 0.25) is 0 Å². The third-order valence-corrected chi connectivity index (χ3v) is 4.68. The Balaban J connectivity index is 1.99. The third kappa shape index (κ3) is 3.78. The Hall–Kier alpha value is -2.66. The van der Waals surface area contributed by atoms with E-state index in [4.69, 9.17) is 22.7 Å². The van der Waals surface area contributed by atoms with Crippen molar-refractivity contribution in [1.29, 1.82) is 0 Å². The fourth-order valence-electron chi connectivity index (χ4n) is 3.17. The minimum atomic E-state index is -0.136. The van der Waals surface area contributed by atoms with Crippen molar-refractivity contribution in [3.8, 4) is 5.75 Å². The van der Waals surface area contributed by atoms with E-state index in [2.05, 4.69) is 25.2 Å². The normalized spacial score (nSPS) is 16.5. The molecule has 0 saturated heterocycles. The number of allylic oxidation sites excluding steroid dienone is 1. The van der Waals surface area contributed by atoms with Gasteiger partial charge in [0.25, 0.3) is 0 Å². The fourth-order valence-corrected chi connectivity index (χ4v) is 3.30. The van der Waals surface area contributed by atoms with Crippen molar-refractivity contribution >= 4 is 28.7 Å². The number of hydrogen-bond acceptors (Lipinski definition) is 4. The summed E-state index contributed by atoms with van der Waals surface area (Å²) in [7, 11) is 1.64. The van der Waals surface area contributed by atoms with Crippen LogP contribution >= 0.6 is 12.2 Å². The Labute approximate surface area is 159 Å². The molecule has 0 aliphatic carbocycles. The molecule has 0 bridgehead atoms. The molecule has 26 heavy (non-hydrogen) atoms. The summed E-state index contributed by atoms with van der Waals surface area (Å²) < 4.78 is 5.34. The number of nitrogens with one attached hydrogen (secondary N) is 1. The largest absolute Gasteiger partial charge is 0.497 e. The smallest absolute Gasteiger partial charge is 0.187 e. The molecule has 2 aromatic rings. The lowest BCUT2D eigenvalue weighted by Gasteiger charge is -2.35. The molecule has 0 saturated carbocycles. The first-order valence-corrected chi connectivity index (χ1v) is 8.81. The van der Waals surface area contributed by atoms with Gasteiger partial charge in [0, 0.05) is 34.0 Å². The Kier molecular flexibility index (Phi) is 4.83. The van der Waals surface area contributed by atoms with Crippen molar-refractivity contribution in [3.05, 3.63) is 70.8 Å². The molecule has 3 rings (SSSR count).